The lowest BCUT2D eigenvalue weighted by Crippen LogP contribution is -2.13. The molecule has 0 saturated carbocycles. The number of benzene rings is 1. The quantitative estimate of drug-likeness (QED) is 0.919. The summed E-state index contributed by atoms with van der Waals surface area (Å²) in [7, 11) is 0. The van der Waals surface area contributed by atoms with Gasteiger partial charge in [-0.05, 0) is 47.5 Å². The van der Waals surface area contributed by atoms with Crippen molar-refractivity contribution in [3.63, 3.8) is 0 Å². The summed E-state index contributed by atoms with van der Waals surface area (Å²) in [6.07, 6.45) is 1.78. The number of nitrogens with two attached hydrogens (primary N) is 1. The molecule has 1 heterocycles. The largest absolute Gasteiger partial charge is 0.319 e. The van der Waals surface area contributed by atoms with Crippen LogP contribution in [0.3, 0.4) is 0 Å². The molecule has 3 heteroatoms. The zero-order chi connectivity index (χ0) is 12.4. The Bertz CT molecular complexity index is 500. The fourth-order valence-corrected chi connectivity index (χ4v) is 2.17. The highest BCUT2D eigenvalue weighted by Gasteiger charge is 2.10. The van der Waals surface area contributed by atoms with Gasteiger partial charge in [0.05, 0.1) is 11.7 Å². The number of nitrogens with zero attached hydrogens (tertiary/aromatic N) is 1. The third kappa shape index (κ3) is 2.93. The first-order chi connectivity index (χ1) is 8.06. The summed E-state index contributed by atoms with van der Waals surface area (Å²) < 4.78 is 0.967. The predicted molar refractivity (Wildman–Crippen MR) is 73.9 cm³/mol. The SMILES string of the molecule is Cc1cc(C)cc(C(N)c2ccc(Br)cn2)c1. The minimum atomic E-state index is -0.165. The van der Waals surface area contributed by atoms with Crippen LogP contribution in [0, 0.1) is 13.8 Å². The van der Waals surface area contributed by atoms with E-state index in [4.69, 9.17) is 5.73 Å². The lowest BCUT2D eigenvalue weighted by atomic mass is 9.99. The minimum absolute atomic E-state index is 0.165. The van der Waals surface area contributed by atoms with E-state index >= 15 is 0 Å². The van der Waals surface area contributed by atoms with Crippen molar-refractivity contribution in [2.75, 3.05) is 0 Å². The summed E-state index contributed by atoms with van der Waals surface area (Å²) in [6, 6.07) is 10.1. The van der Waals surface area contributed by atoms with Crippen molar-refractivity contribution < 1.29 is 0 Å². The van der Waals surface area contributed by atoms with Crippen LogP contribution in [0.2, 0.25) is 0 Å². The second kappa shape index (κ2) is 4.98. The molecule has 1 aromatic heterocycles. The van der Waals surface area contributed by atoms with Crippen molar-refractivity contribution in [1.29, 1.82) is 0 Å². The Hall–Kier alpha value is -1.19. The molecule has 0 aliphatic carbocycles. The summed E-state index contributed by atoms with van der Waals surface area (Å²) in [5.74, 6) is 0. The minimum Gasteiger partial charge on any atom is -0.319 e. The fraction of sp³-hybridized carbons (Fsp3) is 0.214. The highest BCUT2D eigenvalue weighted by Crippen LogP contribution is 2.21. The molecule has 0 saturated heterocycles. The molecule has 17 heavy (non-hydrogen) atoms. The van der Waals surface area contributed by atoms with Gasteiger partial charge in [0.25, 0.3) is 0 Å². The van der Waals surface area contributed by atoms with E-state index < -0.39 is 0 Å². The van der Waals surface area contributed by atoms with Gasteiger partial charge in [0.15, 0.2) is 0 Å². The first-order valence-corrected chi connectivity index (χ1v) is 6.31. The molecule has 0 fully saturated rings. The van der Waals surface area contributed by atoms with Crippen LogP contribution >= 0.6 is 15.9 Å². The number of rotatable bonds is 2. The summed E-state index contributed by atoms with van der Waals surface area (Å²) in [4.78, 5) is 4.34. The van der Waals surface area contributed by atoms with Gasteiger partial charge in [0.2, 0.25) is 0 Å². The first kappa shape index (κ1) is 12.3. The van der Waals surface area contributed by atoms with Gasteiger partial charge in [-0.2, -0.15) is 0 Å². The number of hydrogen-bond acceptors (Lipinski definition) is 2. The van der Waals surface area contributed by atoms with Crippen LogP contribution in [0.1, 0.15) is 28.4 Å². The van der Waals surface area contributed by atoms with Crippen molar-refractivity contribution in [3.8, 4) is 0 Å². The van der Waals surface area contributed by atoms with E-state index in [0.717, 1.165) is 15.7 Å². The third-order valence-electron chi connectivity index (χ3n) is 2.67. The van der Waals surface area contributed by atoms with E-state index in [1.807, 2.05) is 12.1 Å². The summed E-state index contributed by atoms with van der Waals surface area (Å²) in [5.41, 5.74) is 10.7. The average molecular weight is 291 g/mol. The Kier molecular flexibility index (Phi) is 3.60. The van der Waals surface area contributed by atoms with Crippen LogP contribution in [0.25, 0.3) is 0 Å². The van der Waals surface area contributed by atoms with Crippen LogP contribution < -0.4 is 5.73 Å². The van der Waals surface area contributed by atoms with Crippen molar-refractivity contribution >= 4 is 15.9 Å². The van der Waals surface area contributed by atoms with Crippen LogP contribution in [0.15, 0.2) is 41.0 Å². The summed E-state index contributed by atoms with van der Waals surface area (Å²) in [5, 5.41) is 0. The molecule has 2 nitrogen and oxygen atoms in total. The summed E-state index contributed by atoms with van der Waals surface area (Å²) >= 11 is 3.37. The van der Waals surface area contributed by atoms with Crippen molar-refractivity contribution in [2.45, 2.75) is 19.9 Å². The second-order valence-electron chi connectivity index (χ2n) is 4.30. The Morgan fingerprint density at radius 1 is 1.12 bits per heavy atom. The molecule has 0 amide bonds. The lowest BCUT2D eigenvalue weighted by Gasteiger charge is -2.13. The molecule has 2 aromatic rings. The monoisotopic (exact) mass is 290 g/mol. The Morgan fingerprint density at radius 2 is 1.76 bits per heavy atom. The molecule has 0 radical (unpaired) electrons. The Balaban J connectivity index is 2.36. The molecule has 88 valence electrons. The predicted octanol–water partition coefficient (Wildman–Crippen LogP) is 3.51. The van der Waals surface area contributed by atoms with Crippen molar-refractivity contribution in [3.05, 3.63) is 63.4 Å². The average Bonchev–Trinajstić information content (AvgIpc) is 2.28. The molecule has 2 rings (SSSR count). The maximum atomic E-state index is 6.23. The number of hydrogen-bond donors (Lipinski definition) is 1. The molecule has 1 unspecified atom stereocenters. The fourth-order valence-electron chi connectivity index (χ4n) is 1.93. The molecule has 0 aliphatic rings. The zero-order valence-corrected chi connectivity index (χ0v) is 11.5. The number of halogens is 1. The van der Waals surface area contributed by atoms with E-state index in [2.05, 4.69) is 53.0 Å². The number of aromatic nitrogens is 1. The lowest BCUT2D eigenvalue weighted by molar-refractivity contribution is 0.825. The Labute approximate surface area is 110 Å². The molecule has 1 aromatic carbocycles. The Morgan fingerprint density at radius 3 is 2.29 bits per heavy atom. The standard InChI is InChI=1S/C14H15BrN2/c1-9-5-10(2)7-11(6-9)14(16)13-4-3-12(15)8-17-13/h3-8,14H,16H2,1-2H3. The van der Waals surface area contributed by atoms with Gasteiger partial charge in [-0.1, -0.05) is 29.3 Å². The van der Waals surface area contributed by atoms with Crippen LogP contribution in [-0.4, -0.2) is 4.98 Å². The molecule has 2 N–H and O–H groups in total. The van der Waals surface area contributed by atoms with Crippen LogP contribution in [-0.2, 0) is 0 Å². The molecular formula is C14H15BrN2. The van der Waals surface area contributed by atoms with Crippen molar-refractivity contribution in [1.82, 2.24) is 4.98 Å². The highest BCUT2D eigenvalue weighted by molar-refractivity contribution is 9.10. The van der Waals surface area contributed by atoms with Crippen LogP contribution in [0.5, 0.6) is 0 Å². The molecule has 1 atom stereocenters. The van der Waals surface area contributed by atoms with Gasteiger partial charge in [-0.3, -0.25) is 4.98 Å². The normalized spacial score (nSPS) is 12.5. The maximum Gasteiger partial charge on any atom is 0.0726 e. The van der Waals surface area contributed by atoms with Gasteiger partial charge in [0.1, 0.15) is 0 Å². The van der Waals surface area contributed by atoms with Crippen molar-refractivity contribution in [2.24, 2.45) is 5.73 Å². The van der Waals surface area contributed by atoms with E-state index in [0.29, 0.717) is 0 Å². The molecule has 0 bridgehead atoms. The second-order valence-corrected chi connectivity index (χ2v) is 5.22. The molecule has 0 spiro atoms. The third-order valence-corrected chi connectivity index (χ3v) is 3.14. The van der Waals surface area contributed by atoms with Gasteiger partial charge in [-0.25, -0.2) is 0 Å². The molecular weight excluding hydrogens is 276 g/mol. The van der Waals surface area contributed by atoms with E-state index in [-0.39, 0.29) is 6.04 Å². The van der Waals surface area contributed by atoms with Gasteiger partial charge in [-0.15, -0.1) is 0 Å². The van der Waals surface area contributed by atoms with Gasteiger partial charge < -0.3 is 5.73 Å². The smallest absolute Gasteiger partial charge is 0.0726 e. The van der Waals surface area contributed by atoms with Gasteiger partial charge >= 0.3 is 0 Å². The van der Waals surface area contributed by atoms with Gasteiger partial charge in [0, 0.05) is 10.7 Å². The topological polar surface area (TPSA) is 38.9 Å². The zero-order valence-electron chi connectivity index (χ0n) is 9.94. The van der Waals surface area contributed by atoms with E-state index in [1.54, 1.807) is 6.20 Å². The van der Waals surface area contributed by atoms with Crippen LogP contribution in [0.4, 0.5) is 0 Å². The van der Waals surface area contributed by atoms with E-state index in [1.165, 1.54) is 11.1 Å². The molecule has 0 aliphatic heterocycles. The number of pyridine rings is 1. The summed E-state index contributed by atoms with van der Waals surface area (Å²) in [6.45, 7) is 4.16. The number of aryl methyl sites for hydroxylation is 2. The maximum absolute atomic E-state index is 6.23. The first-order valence-electron chi connectivity index (χ1n) is 5.51. The highest BCUT2D eigenvalue weighted by atomic mass is 79.9. The van der Waals surface area contributed by atoms with E-state index in [9.17, 15) is 0 Å².